The largest absolute Gasteiger partial charge is 0.493 e. The van der Waals surface area contributed by atoms with Crippen molar-refractivity contribution in [2.75, 3.05) is 27.3 Å². The van der Waals surface area contributed by atoms with E-state index in [2.05, 4.69) is 5.32 Å². The third kappa shape index (κ3) is 7.28. The van der Waals surface area contributed by atoms with Crippen molar-refractivity contribution in [3.05, 3.63) is 29.8 Å². The summed E-state index contributed by atoms with van der Waals surface area (Å²) >= 11 is 0. The highest BCUT2D eigenvalue weighted by atomic mass is 16.5. The van der Waals surface area contributed by atoms with Crippen LogP contribution in [0.3, 0.4) is 0 Å². The minimum Gasteiger partial charge on any atom is -0.493 e. The first kappa shape index (κ1) is 20.5. The maximum Gasteiger partial charge on any atom is 0.246 e. The highest BCUT2D eigenvalue weighted by Gasteiger charge is 2.11. The van der Waals surface area contributed by atoms with E-state index in [1.54, 1.807) is 26.3 Å². The van der Waals surface area contributed by atoms with Crippen molar-refractivity contribution < 1.29 is 19.1 Å². The van der Waals surface area contributed by atoms with E-state index >= 15 is 0 Å². The van der Waals surface area contributed by atoms with E-state index < -0.39 is 0 Å². The molecule has 138 valence electrons. The summed E-state index contributed by atoms with van der Waals surface area (Å²) in [6.45, 7) is 6.43. The highest BCUT2D eigenvalue weighted by molar-refractivity contribution is 5.94. The minimum absolute atomic E-state index is 0.0223. The van der Waals surface area contributed by atoms with Crippen LogP contribution >= 0.6 is 0 Å². The fraction of sp³-hybridized carbons (Fsp3) is 0.474. The summed E-state index contributed by atoms with van der Waals surface area (Å²) in [5.41, 5.74) is 0.814. The lowest BCUT2D eigenvalue weighted by Crippen LogP contribution is -2.40. The van der Waals surface area contributed by atoms with Gasteiger partial charge in [0.15, 0.2) is 11.5 Å². The van der Waals surface area contributed by atoms with Gasteiger partial charge in [-0.2, -0.15) is 0 Å². The fourth-order valence-electron chi connectivity index (χ4n) is 2.07. The number of nitrogens with one attached hydrogen (secondary N) is 1. The minimum atomic E-state index is -0.246. The highest BCUT2D eigenvalue weighted by Crippen LogP contribution is 2.28. The molecular formula is C19H28N2O4. The summed E-state index contributed by atoms with van der Waals surface area (Å²) in [5.74, 6) is 0.866. The van der Waals surface area contributed by atoms with Gasteiger partial charge in [0.1, 0.15) is 0 Å². The Morgan fingerprint density at radius 3 is 2.60 bits per heavy atom. The number of carbonyl (C=O) groups excluding carboxylic acids is 2. The summed E-state index contributed by atoms with van der Waals surface area (Å²) in [5, 5.41) is 2.75. The normalized spacial score (nSPS) is 10.8. The Hall–Kier alpha value is -2.50. The number of methoxy groups -OCH3 is 1. The Balaban J connectivity index is 2.70. The molecular weight excluding hydrogens is 320 g/mol. The zero-order valence-electron chi connectivity index (χ0n) is 15.7. The lowest BCUT2D eigenvalue weighted by atomic mass is 10.2. The third-order valence-corrected chi connectivity index (χ3v) is 3.27. The van der Waals surface area contributed by atoms with E-state index in [9.17, 15) is 9.59 Å². The Morgan fingerprint density at radius 2 is 2.00 bits per heavy atom. The second-order valence-corrected chi connectivity index (χ2v) is 6.01. The molecule has 0 aliphatic rings. The molecule has 0 saturated carbocycles. The van der Waals surface area contributed by atoms with Crippen molar-refractivity contribution in [3.8, 4) is 11.5 Å². The molecule has 1 rings (SSSR count). The van der Waals surface area contributed by atoms with Crippen LogP contribution in [0.15, 0.2) is 24.3 Å². The van der Waals surface area contributed by atoms with Crippen LogP contribution in [-0.2, 0) is 9.59 Å². The summed E-state index contributed by atoms with van der Waals surface area (Å²) in [4.78, 5) is 25.2. The predicted octanol–water partition coefficient (Wildman–Crippen LogP) is 2.48. The van der Waals surface area contributed by atoms with Crippen molar-refractivity contribution >= 4 is 17.9 Å². The van der Waals surface area contributed by atoms with E-state index in [0.29, 0.717) is 18.1 Å². The van der Waals surface area contributed by atoms with Gasteiger partial charge in [-0.05, 0) is 44.0 Å². The van der Waals surface area contributed by atoms with Crippen molar-refractivity contribution in [1.29, 1.82) is 0 Å². The lowest BCUT2D eigenvalue weighted by molar-refractivity contribution is -0.131. The number of ether oxygens (including phenoxy) is 2. The topological polar surface area (TPSA) is 67.9 Å². The van der Waals surface area contributed by atoms with Crippen molar-refractivity contribution in [1.82, 2.24) is 10.2 Å². The molecule has 0 aliphatic heterocycles. The van der Waals surface area contributed by atoms with Crippen LogP contribution in [0.4, 0.5) is 0 Å². The van der Waals surface area contributed by atoms with Crippen molar-refractivity contribution in [2.24, 2.45) is 0 Å². The molecule has 0 atom stereocenters. The number of carbonyl (C=O) groups is 2. The molecule has 0 unspecified atom stereocenters. The summed E-state index contributed by atoms with van der Waals surface area (Å²) in [7, 11) is 3.17. The van der Waals surface area contributed by atoms with E-state index in [1.165, 1.54) is 11.0 Å². The smallest absolute Gasteiger partial charge is 0.246 e. The van der Waals surface area contributed by atoms with E-state index in [1.807, 2.05) is 32.9 Å². The predicted molar refractivity (Wildman–Crippen MR) is 98.7 cm³/mol. The number of benzene rings is 1. The molecule has 0 aliphatic carbocycles. The first-order valence-corrected chi connectivity index (χ1v) is 8.40. The number of hydrogen-bond donors (Lipinski definition) is 1. The first-order chi connectivity index (χ1) is 11.9. The van der Waals surface area contributed by atoms with Gasteiger partial charge < -0.3 is 19.7 Å². The number of amides is 2. The zero-order valence-corrected chi connectivity index (χ0v) is 15.7. The first-order valence-electron chi connectivity index (χ1n) is 8.40. The second-order valence-electron chi connectivity index (χ2n) is 6.01. The third-order valence-electron chi connectivity index (χ3n) is 3.27. The number of hydrogen-bond acceptors (Lipinski definition) is 4. The molecule has 0 heterocycles. The standard InChI is InChI=1S/C19H28N2O4/c1-6-11-25-16-9-7-15(12-17(16)24-5)8-10-19(23)21(4)13-18(22)20-14(2)3/h7-10,12,14H,6,11,13H2,1-5H3,(H,20,22)/b10-8+. The Kier molecular flexibility index (Phi) is 8.53. The Labute approximate surface area is 149 Å². The molecule has 0 saturated heterocycles. The second kappa shape index (κ2) is 10.4. The van der Waals surface area contributed by atoms with Gasteiger partial charge in [-0.3, -0.25) is 9.59 Å². The Bertz CT molecular complexity index is 611. The van der Waals surface area contributed by atoms with Crippen LogP contribution in [0.25, 0.3) is 6.08 Å². The summed E-state index contributed by atoms with van der Waals surface area (Å²) < 4.78 is 10.9. The summed E-state index contributed by atoms with van der Waals surface area (Å²) in [6, 6.07) is 5.52. The van der Waals surface area contributed by atoms with Gasteiger partial charge in [-0.15, -0.1) is 0 Å². The molecule has 0 spiro atoms. The number of rotatable bonds is 9. The number of likely N-dealkylation sites (N-methyl/N-ethyl adjacent to an activating group) is 1. The maximum atomic E-state index is 12.1. The SMILES string of the molecule is CCCOc1ccc(/C=C/C(=O)N(C)CC(=O)NC(C)C)cc1OC. The molecule has 0 radical (unpaired) electrons. The number of nitrogens with zero attached hydrogens (tertiary/aromatic N) is 1. The molecule has 0 fully saturated rings. The maximum absolute atomic E-state index is 12.1. The van der Waals surface area contributed by atoms with Crippen LogP contribution in [-0.4, -0.2) is 50.1 Å². The van der Waals surface area contributed by atoms with Gasteiger partial charge in [0, 0.05) is 19.2 Å². The molecule has 6 heteroatoms. The molecule has 6 nitrogen and oxygen atoms in total. The van der Waals surface area contributed by atoms with E-state index in [0.717, 1.165) is 12.0 Å². The van der Waals surface area contributed by atoms with Gasteiger partial charge in [0.2, 0.25) is 11.8 Å². The van der Waals surface area contributed by atoms with Crippen LogP contribution in [0, 0.1) is 0 Å². The Morgan fingerprint density at radius 1 is 1.28 bits per heavy atom. The molecule has 2 amide bonds. The molecule has 0 bridgehead atoms. The van der Waals surface area contributed by atoms with Crippen LogP contribution < -0.4 is 14.8 Å². The van der Waals surface area contributed by atoms with E-state index in [-0.39, 0.29) is 24.4 Å². The average Bonchev–Trinajstić information content (AvgIpc) is 2.57. The van der Waals surface area contributed by atoms with Gasteiger partial charge in [0.25, 0.3) is 0 Å². The molecule has 0 aromatic heterocycles. The average molecular weight is 348 g/mol. The molecule has 1 aromatic rings. The quantitative estimate of drug-likeness (QED) is 0.696. The van der Waals surface area contributed by atoms with Crippen molar-refractivity contribution in [3.63, 3.8) is 0 Å². The lowest BCUT2D eigenvalue weighted by Gasteiger charge is -2.16. The van der Waals surface area contributed by atoms with Crippen LogP contribution in [0.1, 0.15) is 32.8 Å². The van der Waals surface area contributed by atoms with E-state index in [4.69, 9.17) is 9.47 Å². The van der Waals surface area contributed by atoms with Crippen LogP contribution in [0.2, 0.25) is 0 Å². The van der Waals surface area contributed by atoms with Gasteiger partial charge in [0.05, 0.1) is 20.3 Å². The zero-order chi connectivity index (χ0) is 18.8. The summed E-state index contributed by atoms with van der Waals surface area (Å²) in [6.07, 6.45) is 4.03. The van der Waals surface area contributed by atoms with Gasteiger partial charge >= 0.3 is 0 Å². The fourth-order valence-corrected chi connectivity index (χ4v) is 2.07. The molecule has 25 heavy (non-hydrogen) atoms. The van der Waals surface area contributed by atoms with Crippen molar-refractivity contribution in [2.45, 2.75) is 33.2 Å². The van der Waals surface area contributed by atoms with Gasteiger partial charge in [-0.1, -0.05) is 13.0 Å². The van der Waals surface area contributed by atoms with Crippen LogP contribution in [0.5, 0.6) is 11.5 Å². The monoisotopic (exact) mass is 348 g/mol. The van der Waals surface area contributed by atoms with Gasteiger partial charge in [-0.25, -0.2) is 0 Å². The molecule has 1 aromatic carbocycles. The molecule has 1 N–H and O–H groups in total.